The molecule has 0 aliphatic rings. The molecule has 0 unspecified atom stereocenters. The zero-order valence-corrected chi connectivity index (χ0v) is 13.8. The Morgan fingerprint density at radius 3 is 2.62 bits per heavy atom. The van der Waals surface area contributed by atoms with Gasteiger partial charge in [0.2, 0.25) is 0 Å². The first-order valence-electron chi connectivity index (χ1n) is 7.03. The van der Waals surface area contributed by atoms with Crippen molar-refractivity contribution in [1.82, 2.24) is 9.55 Å². The molecule has 0 aliphatic heterocycles. The summed E-state index contributed by atoms with van der Waals surface area (Å²) in [5, 5.41) is 13.3. The molecule has 0 fully saturated rings. The van der Waals surface area contributed by atoms with E-state index in [2.05, 4.69) is 10.3 Å². The van der Waals surface area contributed by atoms with Crippen LogP contribution in [0.25, 0.3) is 10.9 Å². The SMILES string of the molecule is O=c1c2c(Cl)cc(Cl)c(O)c2ncn1CCNc1ccc(F)cc1. The van der Waals surface area contributed by atoms with E-state index in [-0.39, 0.29) is 38.1 Å². The van der Waals surface area contributed by atoms with E-state index >= 15 is 0 Å². The van der Waals surface area contributed by atoms with Crippen molar-refractivity contribution in [3.05, 3.63) is 62.9 Å². The molecule has 3 aromatic rings. The average molecular weight is 368 g/mol. The van der Waals surface area contributed by atoms with E-state index < -0.39 is 0 Å². The van der Waals surface area contributed by atoms with Gasteiger partial charge in [-0.15, -0.1) is 0 Å². The maximum atomic E-state index is 12.9. The molecule has 0 spiro atoms. The summed E-state index contributed by atoms with van der Waals surface area (Å²) >= 11 is 11.9. The van der Waals surface area contributed by atoms with Crippen LogP contribution in [-0.4, -0.2) is 21.2 Å². The molecule has 124 valence electrons. The second-order valence-electron chi connectivity index (χ2n) is 5.09. The highest BCUT2D eigenvalue weighted by molar-refractivity contribution is 6.39. The number of anilines is 1. The molecule has 8 heteroatoms. The lowest BCUT2D eigenvalue weighted by atomic mass is 10.2. The van der Waals surface area contributed by atoms with Crippen molar-refractivity contribution in [2.45, 2.75) is 6.54 Å². The molecule has 0 radical (unpaired) electrons. The highest BCUT2D eigenvalue weighted by Gasteiger charge is 2.14. The smallest absolute Gasteiger partial charge is 0.262 e. The molecule has 1 aromatic heterocycles. The van der Waals surface area contributed by atoms with Gasteiger partial charge >= 0.3 is 0 Å². The van der Waals surface area contributed by atoms with Gasteiger partial charge in [-0.1, -0.05) is 23.2 Å². The Bertz CT molecular complexity index is 958. The number of aromatic nitrogens is 2. The molecule has 0 atom stereocenters. The van der Waals surface area contributed by atoms with Gasteiger partial charge in [-0.25, -0.2) is 9.37 Å². The van der Waals surface area contributed by atoms with E-state index in [4.69, 9.17) is 23.2 Å². The highest BCUT2D eigenvalue weighted by Crippen LogP contribution is 2.34. The lowest BCUT2D eigenvalue weighted by Gasteiger charge is -2.10. The molecule has 2 N–H and O–H groups in total. The maximum absolute atomic E-state index is 12.9. The Kier molecular flexibility index (Phi) is 4.59. The molecule has 0 aliphatic carbocycles. The number of nitrogens with one attached hydrogen (secondary N) is 1. The Morgan fingerprint density at radius 1 is 1.21 bits per heavy atom. The van der Waals surface area contributed by atoms with Crippen molar-refractivity contribution in [3.8, 4) is 5.75 Å². The maximum Gasteiger partial charge on any atom is 0.262 e. The molecular formula is C16H12Cl2FN3O2. The number of rotatable bonds is 4. The Labute approximate surface area is 146 Å². The summed E-state index contributed by atoms with van der Waals surface area (Å²) < 4.78 is 14.2. The number of phenolic OH excluding ortho intramolecular Hbond substituents is 1. The van der Waals surface area contributed by atoms with E-state index in [1.54, 1.807) is 12.1 Å². The molecular weight excluding hydrogens is 356 g/mol. The number of hydrogen-bond acceptors (Lipinski definition) is 4. The summed E-state index contributed by atoms with van der Waals surface area (Å²) in [4.78, 5) is 16.6. The van der Waals surface area contributed by atoms with Crippen molar-refractivity contribution >= 4 is 39.8 Å². The lowest BCUT2D eigenvalue weighted by molar-refractivity contribution is 0.480. The summed E-state index contributed by atoms with van der Waals surface area (Å²) in [6.45, 7) is 0.745. The van der Waals surface area contributed by atoms with Gasteiger partial charge in [-0.3, -0.25) is 9.36 Å². The number of nitrogens with zero attached hydrogens (tertiary/aromatic N) is 2. The predicted molar refractivity (Wildman–Crippen MR) is 92.6 cm³/mol. The van der Waals surface area contributed by atoms with Crippen LogP contribution in [0.1, 0.15) is 0 Å². The molecule has 0 amide bonds. The quantitative estimate of drug-likeness (QED) is 0.738. The minimum Gasteiger partial charge on any atom is -0.504 e. The Hall–Kier alpha value is -2.31. The molecule has 0 bridgehead atoms. The van der Waals surface area contributed by atoms with Gasteiger partial charge in [-0.2, -0.15) is 0 Å². The van der Waals surface area contributed by atoms with Crippen molar-refractivity contribution in [2.24, 2.45) is 0 Å². The summed E-state index contributed by atoms with van der Waals surface area (Å²) in [5.74, 6) is -0.589. The van der Waals surface area contributed by atoms with Crippen molar-refractivity contribution in [2.75, 3.05) is 11.9 Å². The number of phenols is 1. The second kappa shape index (κ2) is 6.67. The average Bonchev–Trinajstić information content (AvgIpc) is 2.56. The molecule has 0 saturated carbocycles. The Balaban J connectivity index is 1.84. The molecule has 2 aromatic carbocycles. The first-order valence-corrected chi connectivity index (χ1v) is 7.78. The van der Waals surface area contributed by atoms with Crippen molar-refractivity contribution in [3.63, 3.8) is 0 Å². The molecule has 0 saturated heterocycles. The highest BCUT2D eigenvalue weighted by atomic mass is 35.5. The van der Waals surface area contributed by atoms with Gasteiger partial charge < -0.3 is 10.4 Å². The first kappa shape index (κ1) is 16.5. The van der Waals surface area contributed by atoms with Gasteiger partial charge in [0.05, 0.1) is 21.8 Å². The van der Waals surface area contributed by atoms with Crippen LogP contribution in [0.5, 0.6) is 5.75 Å². The fraction of sp³-hybridized carbons (Fsp3) is 0.125. The van der Waals surface area contributed by atoms with Crippen LogP contribution >= 0.6 is 23.2 Å². The zero-order chi connectivity index (χ0) is 17.3. The van der Waals surface area contributed by atoms with Crippen LogP contribution in [-0.2, 0) is 6.54 Å². The third-order valence-electron chi connectivity index (χ3n) is 3.51. The molecule has 1 heterocycles. The van der Waals surface area contributed by atoms with Crippen LogP contribution in [0, 0.1) is 5.82 Å². The molecule has 3 rings (SSSR count). The van der Waals surface area contributed by atoms with E-state index in [1.807, 2.05) is 0 Å². The van der Waals surface area contributed by atoms with Crippen LogP contribution < -0.4 is 10.9 Å². The van der Waals surface area contributed by atoms with Crippen molar-refractivity contribution in [1.29, 1.82) is 0 Å². The number of fused-ring (bicyclic) bond motifs is 1. The minimum absolute atomic E-state index is 0.0372. The topological polar surface area (TPSA) is 67.1 Å². The monoisotopic (exact) mass is 367 g/mol. The van der Waals surface area contributed by atoms with Gasteiger partial charge in [0, 0.05) is 18.8 Å². The van der Waals surface area contributed by atoms with Gasteiger partial charge in [0.1, 0.15) is 11.3 Å². The van der Waals surface area contributed by atoms with E-state index in [9.17, 15) is 14.3 Å². The molecule has 5 nitrogen and oxygen atoms in total. The summed E-state index contributed by atoms with van der Waals surface area (Å²) in [5.41, 5.74) is 0.429. The van der Waals surface area contributed by atoms with Crippen LogP contribution in [0.3, 0.4) is 0 Å². The van der Waals surface area contributed by atoms with Crippen LogP contribution in [0.15, 0.2) is 41.5 Å². The van der Waals surface area contributed by atoms with Crippen molar-refractivity contribution < 1.29 is 9.50 Å². The lowest BCUT2D eigenvalue weighted by Crippen LogP contribution is -2.24. The zero-order valence-electron chi connectivity index (χ0n) is 12.3. The number of hydrogen-bond donors (Lipinski definition) is 2. The predicted octanol–water partition coefficient (Wildman–Crippen LogP) is 3.66. The second-order valence-corrected chi connectivity index (χ2v) is 5.90. The standard InChI is InChI=1S/C16H12Cl2FN3O2/c17-11-7-12(18)15(23)14-13(11)16(24)22(8-21-14)6-5-20-10-3-1-9(19)2-4-10/h1-4,7-8,20,23H,5-6H2. The van der Waals surface area contributed by atoms with Crippen LogP contribution in [0.4, 0.5) is 10.1 Å². The fourth-order valence-corrected chi connectivity index (χ4v) is 2.83. The Morgan fingerprint density at radius 2 is 1.92 bits per heavy atom. The number of benzene rings is 2. The summed E-state index contributed by atoms with van der Waals surface area (Å²) in [6.07, 6.45) is 1.32. The van der Waals surface area contributed by atoms with Gasteiger partial charge in [0.25, 0.3) is 5.56 Å². The third kappa shape index (κ3) is 3.16. The number of halogens is 3. The van der Waals surface area contributed by atoms with E-state index in [0.29, 0.717) is 13.1 Å². The first-order chi connectivity index (χ1) is 11.5. The van der Waals surface area contributed by atoms with Gasteiger partial charge in [-0.05, 0) is 30.3 Å². The largest absolute Gasteiger partial charge is 0.504 e. The summed E-state index contributed by atoms with van der Waals surface area (Å²) in [7, 11) is 0. The van der Waals surface area contributed by atoms with Crippen LogP contribution in [0.2, 0.25) is 10.0 Å². The van der Waals surface area contributed by atoms with E-state index in [1.165, 1.54) is 29.1 Å². The van der Waals surface area contributed by atoms with Gasteiger partial charge in [0.15, 0.2) is 5.75 Å². The van der Waals surface area contributed by atoms with E-state index in [0.717, 1.165) is 5.69 Å². The number of aromatic hydroxyl groups is 1. The minimum atomic E-state index is -0.377. The normalized spacial score (nSPS) is 11.0. The molecule has 24 heavy (non-hydrogen) atoms. The summed E-state index contributed by atoms with van der Waals surface area (Å²) in [6, 6.07) is 7.21. The third-order valence-corrected chi connectivity index (χ3v) is 4.09. The fourth-order valence-electron chi connectivity index (χ4n) is 2.30.